The van der Waals surface area contributed by atoms with Crippen molar-refractivity contribution < 1.29 is 9.84 Å². The van der Waals surface area contributed by atoms with E-state index in [0.717, 1.165) is 49.1 Å². The van der Waals surface area contributed by atoms with Crippen LogP contribution >= 0.6 is 0 Å². The highest BCUT2D eigenvalue weighted by Crippen LogP contribution is 2.41. The van der Waals surface area contributed by atoms with Gasteiger partial charge in [-0.15, -0.1) is 0 Å². The van der Waals surface area contributed by atoms with E-state index >= 15 is 0 Å². The van der Waals surface area contributed by atoms with Crippen molar-refractivity contribution in [1.29, 1.82) is 0 Å². The summed E-state index contributed by atoms with van der Waals surface area (Å²) in [6.45, 7) is 0.968. The molecule has 1 unspecified atom stereocenters. The fourth-order valence-corrected chi connectivity index (χ4v) is 3.78. The lowest BCUT2D eigenvalue weighted by atomic mass is 9.80. The smallest absolute Gasteiger partial charge is 0.119 e. The van der Waals surface area contributed by atoms with E-state index in [1.165, 1.54) is 11.1 Å². The van der Waals surface area contributed by atoms with Gasteiger partial charge in [-0.25, -0.2) is 0 Å². The van der Waals surface area contributed by atoms with Crippen molar-refractivity contribution in [2.75, 3.05) is 27.7 Å². The zero-order valence-electron chi connectivity index (χ0n) is 14.9. The number of benzene rings is 2. The SMILES string of the molecule is COc1ccc2c(c1)CCc1ccccc1C2(O)CCCN(C)C. The number of hydrogen-bond donors (Lipinski definition) is 1. The van der Waals surface area contributed by atoms with Crippen molar-refractivity contribution in [2.45, 2.75) is 31.3 Å². The molecule has 3 nitrogen and oxygen atoms in total. The quantitative estimate of drug-likeness (QED) is 0.915. The molecule has 0 fully saturated rings. The summed E-state index contributed by atoms with van der Waals surface area (Å²) in [6.07, 6.45) is 3.55. The molecule has 24 heavy (non-hydrogen) atoms. The lowest BCUT2D eigenvalue weighted by Gasteiger charge is -2.32. The second-order valence-corrected chi connectivity index (χ2v) is 6.95. The van der Waals surface area contributed by atoms with E-state index in [4.69, 9.17) is 4.74 Å². The van der Waals surface area contributed by atoms with Gasteiger partial charge in [-0.2, -0.15) is 0 Å². The highest BCUT2D eigenvalue weighted by molar-refractivity contribution is 5.49. The van der Waals surface area contributed by atoms with Crippen LogP contribution in [0.2, 0.25) is 0 Å². The first kappa shape index (κ1) is 17.0. The number of nitrogens with zero attached hydrogens (tertiary/aromatic N) is 1. The van der Waals surface area contributed by atoms with Crippen molar-refractivity contribution >= 4 is 0 Å². The molecule has 0 heterocycles. The molecule has 1 N–H and O–H groups in total. The molecule has 1 atom stereocenters. The van der Waals surface area contributed by atoms with Gasteiger partial charge in [0.05, 0.1) is 7.11 Å². The minimum Gasteiger partial charge on any atom is -0.497 e. The van der Waals surface area contributed by atoms with Crippen molar-refractivity contribution in [3.8, 4) is 5.75 Å². The van der Waals surface area contributed by atoms with Crippen LogP contribution in [0.4, 0.5) is 0 Å². The standard InChI is InChI=1S/C21H27NO2/c1-22(2)14-6-13-21(23)19-8-5-4-7-16(19)9-10-17-15-18(24-3)11-12-20(17)21/h4-5,7-8,11-12,15,23H,6,9-10,13-14H2,1-3H3. The fourth-order valence-electron chi connectivity index (χ4n) is 3.78. The maximum atomic E-state index is 11.8. The Morgan fingerprint density at radius 1 is 1.04 bits per heavy atom. The van der Waals surface area contributed by atoms with Crippen LogP contribution in [0.5, 0.6) is 5.75 Å². The van der Waals surface area contributed by atoms with Crippen LogP contribution in [0.25, 0.3) is 0 Å². The highest BCUT2D eigenvalue weighted by Gasteiger charge is 2.36. The van der Waals surface area contributed by atoms with Gasteiger partial charge in [0, 0.05) is 0 Å². The van der Waals surface area contributed by atoms with E-state index in [1.54, 1.807) is 7.11 Å². The Hall–Kier alpha value is -1.84. The predicted octanol–water partition coefficient (Wildman–Crippen LogP) is 3.37. The zero-order valence-corrected chi connectivity index (χ0v) is 14.9. The summed E-state index contributed by atoms with van der Waals surface area (Å²) in [4.78, 5) is 2.17. The molecule has 3 heteroatoms. The molecule has 128 valence electrons. The van der Waals surface area contributed by atoms with Crippen LogP contribution < -0.4 is 4.74 Å². The number of aryl methyl sites for hydroxylation is 2. The largest absolute Gasteiger partial charge is 0.497 e. The molecule has 0 saturated carbocycles. The first-order chi connectivity index (χ1) is 11.5. The zero-order chi connectivity index (χ0) is 17.2. The van der Waals surface area contributed by atoms with E-state index in [0.29, 0.717) is 0 Å². The molecule has 0 aromatic heterocycles. The van der Waals surface area contributed by atoms with Gasteiger partial charge in [-0.1, -0.05) is 30.3 Å². The summed E-state index contributed by atoms with van der Waals surface area (Å²) in [7, 11) is 5.84. The van der Waals surface area contributed by atoms with Crippen molar-refractivity contribution in [1.82, 2.24) is 4.90 Å². The summed E-state index contributed by atoms with van der Waals surface area (Å²) in [5, 5.41) is 11.8. The number of hydrogen-bond acceptors (Lipinski definition) is 3. The lowest BCUT2D eigenvalue weighted by molar-refractivity contribution is 0.0658. The Balaban J connectivity index is 2.07. The van der Waals surface area contributed by atoms with Crippen molar-refractivity contribution in [3.05, 3.63) is 64.7 Å². The van der Waals surface area contributed by atoms with Crippen molar-refractivity contribution in [3.63, 3.8) is 0 Å². The Morgan fingerprint density at radius 2 is 1.75 bits per heavy atom. The number of aliphatic hydroxyl groups is 1. The molecule has 1 aliphatic rings. The van der Waals surface area contributed by atoms with Crippen LogP contribution in [-0.2, 0) is 18.4 Å². The molecule has 0 radical (unpaired) electrons. The minimum atomic E-state index is -0.926. The predicted molar refractivity (Wildman–Crippen MR) is 97.6 cm³/mol. The number of fused-ring (bicyclic) bond motifs is 2. The van der Waals surface area contributed by atoms with Gasteiger partial charge < -0.3 is 14.7 Å². The summed E-state index contributed by atoms with van der Waals surface area (Å²) >= 11 is 0. The highest BCUT2D eigenvalue weighted by atomic mass is 16.5. The molecule has 0 aliphatic heterocycles. The number of methoxy groups -OCH3 is 1. The van der Waals surface area contributed by atoms with Gasteiger partial charge in [0.1, 0.15) is 11.4 Å². The average molecular weight is 325 g/mol. The Bertz CT molecular complexity index is 711. The summed E-state index contributed by atoms with van der Waals surface area (Å²) < 4.78 is 5.39. The molecule has 1 aliphatic carbocycles. The fraction of sp³-hybridized carbons (Fsp3) is 0.429. The van der Waals surface area contributed by atoms with Crippen LogP contribution in [0.1, 0.15) is 35.1 Å². The van der Waals surface area contributed by atoms with Gasteiger partial charge in [0.2, 0.25) is 0 Å². The molecule has 2 aromatic carbocycles. The molecule has 0 bridgehead atoms. The molecule has 2 aromatic rings. The molecule has 0 amide bonds. The average Bonchev–Trinajstić information content (AvgIpc) is 2.70. The van der Waals surface area contributed by atoms with Gasteiger partial charge in [0.15, 0.2) is 0 Å². The van der Waals surface area contributed by atoms with Gasteiger partial charge in [-0.05, 0) is 80.7 Å². The van der Waals surface area contributed by atoms with Crippen LogP contribution in [0.15, 0.2) is 42.5 Å². The first-order valence-electron chi connectivity index (χ1n) is 8.67. The summed E-state index contributed by atoms with van der Waals surface area (Å²) in [6, 6.07) is 14.4. The molecule has 0 spiro atoms. The topological polar surface area (TPSA) is 32.7 Å². The second kappa shape index (κ2) is 6.96. The van der Waals surface area contributed by atoms with E-state index in [9.17, 15) is 5.11 Å². The normalized spacial score (nSPS) is 19.5. The third-order valence-electron chi connectivity index (χ3n) is 5.03. The lowest BCUT2D eigenvalue weighted by Crippen LogP contribution is -2.30. The van der Waals surface area contributed by atoms with Gasteiger partial charge in [-0.3, -0.25) is 0 Å². The summed E-state index contributed by atoms with van der Waals surface area (Å²) in [5.41, 5.74) is 3.61. The van der Waals surface area contributed by atoms with Gasteiger partial charge >= 0.3 is 0 Å². The second-order valence-electron chi connectivity index (χ2n) is 6.95. The Kier molecular flexibility index (Phi) is 4.93. The van der Waals surface area contributed by atoms with Crippen LogP contribution in [0, 0.1) is 0 Å². The molecule has 3 rings (SSSR count). The first-order valence-corrected chi connectivity index (χ1v) is 8.67. The monoisotopic (exact) mass is 325 g/mol. The number of rotatable bonds is 5. The van der Waals surface area contributed by atoms with Gasteiger partial charge in [0.25, 0.3) is 0 Å². The van der Waals surface area contributed by atoms with Crippen molar-refractivity contribution in [2.24, 2.45) is 0 Å². The van der Waals surface area contributed by atoms with Crippen LogP contribution in [-0.4, -0.2) is 37.8 Å². The van der Waals surface area contributed by atoms with E-state index in [1.807, 2.05) is 18.2 Å². The van der Waals surface area contributed by atoms with E-state index in [2.05, 4.69) is 43.3 Å². The molecular weight excluding hydrogens is 298 g/mol. The van der Waals surface area contributed by atoms with Crippen LogP contribution in [0.3, 0.4) is 0 Å². The molecular formula is C21H27NO2. The van der Waals surface area contributed by atoms with E-state index in [-0.39, 0.29) is 0 Å². The van der Waals surface area contributed by atoms with E-state index < -0.39 is 5.60 Å². The maximum Gasteiger partial charge on any atom is 0.119 e. The molecule has 0 saturated heterocycles. The summed E-state index contributed by atoms with van der Waals surface area (Å²) in [5.74, 6) is 0.857. The Labute approximate surface area is 144 Å². The third-order valence-corrected chi connectivity index (χ3v) is 5.03. The third kappa shape index (κ3) is 3.19. The minimum absolute atomic E-state index is 0.724. The maximum absolute atomic E-state index is 11.8. The Morgan fingerprint density at radius 3 is 2.50 bits per heavy atom. The number of ether oxygens (including phenoxy) is 1.